The Hall–Kier alpha value is -0.230. The van der Waals surface area contributed by atoms with Crippen molar-refractivity contribution >= 4 is 27.5 Å². The maximum atomic E-state index is 11.4. The van der Waals surface area contributed by atoms with Gasteiger partial charge in [-0.3, -0.25) is 4.79 Å². The second kappa shape index (κ2) is 6.49. The summed E-state index contributed by atoms with van der Waals surface area (Å²) >= 11 is 1.46. The predicted molar refractivity (Wildman–Crippen MR) is 67.4 cm³/mol. The van der Waals surface area contributed by atoms with Crippen LogP contribution < -0.4 is 5.32 Å². The third kappa shape index (κ3) is 5.21. The molecule has 1 rings (SSSR count). The monoisotopic (exact) mass is 265 g/mol. The second-order valence-corrected chi connectivity index (χ2v) is 7.56. The third-order valence-corrected chi connectivity index (χ3v) is 5.77. The standard InChI is InChI=1S/C10H19NO3S2/c1-2-3-5-11-10(12)7-15-9-4-6-16(13,14)8-9/h9H,2-8H2,1H3,(H,11,12). The minimum absolute atomic E-state index is 0.0164. The summed E-state index contributed by atoms with van der Waals surface area (Å²) in [5.41, 5.74) is 0. The van der Waals surface area contributed by atoms with Crippen molar-refractivity contribution in [3.63, 3.8) is 0 Å². The normalized spacial score (nSPS) is 23.2. The molecule has 4 nitrogen and oxygen atoms in total. The first-order chi connectivity index (χ1) is 7.53. The van der Waals surface area contributed by atoms with Crippen LogP contribution in [0.25, 0.3) is 0 Å². The summed E-state index contributed by atoms with van der Waals surface area (Å²) in [5, 5.41) is 2.93. The van der Waals surface area contributed by atoms with Crippen LogP contribution in [0.15, 0.2) is 0 Å². The zero-order valence-electron chi connectivity index (χ0n) is 9.57. The molecule has 0 aromatic rings. The molecule has 0 radical (unpaired) electrons. The van der Waals surface area contributed by atoms with E-state index in [1.54, 1.807) is 0 Å². The van der Waals surface area contributed by atoms with Gasteiger partial charge in [-0.15, -0.1) is 11.8 Å². The fourth-order valence-electron chi connectivity index (χ4n) is 1.54. The maximum absolute atomic E-state index is 11.4. The summed E-state index contributed by atoms with van der Waals surface area (Å²) < 4.78 is 22.4. The smallest absolute Gasteiger partial charge is 0.230 e. The molecule has 16 heavy (non-hydrogen) atoms. The number of hydrogen-bond acceptors (Lipinski definition) is 4. The van der Waals surface area contributed by atoms with Gasteiger partial charge < -0.3 is 5.32 Å². The molecular weight excluding hydrogens is 246 g/mol. The Morgan fingerprint density at radius 1 is 1.50 bits per heavy atom. The zero-order valence-corrected chi connectivity index (χ0v) is 11.2. The van der Waals surface area contributed by atoms with Crippen LogP contribution in [0.1, 0.15) is 26.2 Å². The lowest BCUT2D eigenvalue weighted by molar-refractivity contribution is -0.118. The highest BCUT2D eigenvalue weighted by atomic mass is 32.2. The van der Waals surface area contributed by atoms with Gasteiger partial charge in [-0.2, -0.15) is 0 Å². The van der Waals surface area contributed by atoms with Gasteiger partial charge in [-0.05, 0) is 12.8 Å². The van der Waals surface area contributed by atoms with Crippen molar-refractivity contribution in [1.82, 2.24) is 5.32 Å². The summed E-state index contributed by atoms with van der Waals surface area (Å²) in [6, 6.07) is 0. The van der Waals surface area contributed by atoms with Crippen molar-refractivity contribution in [2.24, 2.45) is 0 Å². The molecule has 0 aromatic heterocycles. The number of nitrogens with one attached hydrogen (secondary N) is 1. The Balaban J connectivity index is 2.13. The molecule has 6 heteroatoms. The number of rotatable bonds is 6. The quantitative estimate of drug-likeness (QED) is 0.722. The first kappa shape index (κ1) is 13.8. The minimum Gasteiger partial charge on any atom is -0.355 e. The van der Waals surface area contributed by atoms with Crippen LogP contribution in [0.5, 0.6) is 0 Å². The van der Waals surface area contributed by atoms with E-state index in [-0.39, 0.29) is 22.7 Å². The molecule has 1 fully saturated rings. The molecule has 1 amide bonds. The van der Waals surface area contributed by atoms with Gasteiger partial charge in [0.05, 0.1) is 17.3 Å². The van der Waals surface area contributed by atoms with E-state index < -0.39 is 9.84 Å². The van der Waals surface area contributed by atoms with E-state index >= 15 is 0 Å². The molecule has 1 heterocycles. The SMILES string of the molecule is CCCCNC(=O)CSC1CCS(=O)(=O)C1. The first-order valence-electron chi connectivity index (χ1n) is 5.62. The lowest BCUT2D eigenvalue weighted by Gasteiger charge is -2.07. The number of sulfone groups is 1. The van der Waals surface area contributed by atoms with E-state index in [0.717, 1.165) is 19.4 Å². The summed E-state index contributed by atoms with van der Waals surface area (Å²) in [7, 11) is -2.82. The number of hydrogen-bond donors (Lipinski definition) is 1. The molecule has 0 spiro atoms. The van der Waals surface area contributed by atoms with Crippen LogP contribution in [0.3, 0.4) is 0 Å². The van der Waals surface area contributed by atoms with E-state index in [1.165, 1.54) is 11.8 Å². The highest BCUT2D eigenvalue weighted by Gasteiger charge is 2.28. The maximum Gasteiger partial charge on any atom is 0.230 e. The molecule has 1 atom stereocenters. The molecule has 0 aromatic carbocycles. The fourth-order valence-corrected chi connectivity index (χ4v) is 5.01. The van der Waals surface area contributed by atoms with Crippen LogP contribution in [-0.4, -0.2) is 43.4 Å². The highest BCUT2D eigenvalue weighted by Crippen LogP contribution is 2.23. The van der Waals surface area contributed by atoms with Gasteiger partial charge in [0, 0.05) is 11.8 Å². The largest absolute Gasteiger partial charge is 0.355 e. The molecule has 0 aliphatic carbocycles. The Bertz CT molecular complexity index is 327. The molecule has 94 valence electrons. The summed E-state index contributed by atoms with van der Waals surface area (Å²) in [5.74, 6) is 0.911. The number of unbranched alkanes of at least 4 members (excludes halogenated alkanes) is 1. The van der Waals surface area contributed by atoms with E-state index in [2.05, 4.69) is 12.2 Å². The third-order valence-electron chi connectivity index (χ3n) is 2.49. The van der Waals surface area contributed by atoms with Crippen molar-refractivity contribution in [1.29, 1.82) is 0 Å². The molecule has 1 aliphatic heterocycles. The van der Waals surface area contributed by atoms with Crippen LogP contribution in [0, 0.1) is 0 Å². The fraction of sp³-hybridized carbons (Fsp3) is 0.900. The molecule has 1 aliphatic rings. The van der Waals surface area contributed by atoms with Gasteiger partial charge in [0.1, 0.15) is 0 Å². The van der Waals surface area contributed by atoms with Crippen LogP contribution in [0.2, 0.25) is 0 Å². The molecule has 1 N–H and O–H groups in total. The molecule has 0 saturated carbocycles. The van der Waals surface area contributed by atoms with Crippen LogP contribution in [0.4, 0.5) is 0 Å². The van der Waals surface area contributed by atoms with E-state index in [9.17, 15) is 13.2 Å². The Labute approximate surface area is 101 Å². The number of thioether (sulfide) groups is 1. The first-order valence-corrected chi connectivity index (χ1v) is 8.49. The molecule has 1 saturated heterocycles. The van der Waals surface area contributed by atoms with Gasteiger partial charge >= 0.3 is 0 Å². The van der Waals surface area contributed by atoms with E-state index in [0.29, 0.717) is 12.2 Å². The Kier molecular flexibility index (Phi) is 5.61. The lowest BCUT2D eigenvalue weighted by atomic mass is 10.3. The van der Waals surface area contributed by atoms with Gasteiger partial charge in [0.2, 0.25) is 5.91 Å². The van der Waals surface area contributed by atoms with E-state index in [4.69, 9.17) is 0 Å². The van der Waals surface area contributed by atoms with Crippen molar-refractivity contribution in [2.45, 2.75) is 31.4 Å². The number of carbonyl (C=O) groups is 1. The summed E-state index contributed by atoms with van der Waals surface area (Å²) in [4.78, 5) is 11.4. The molecule has 0 bridgehead atoms. The predicted octanol–water partition coefficient (Wildman–Crippen LogP) is 0.823. The Morgan fingerprint density at radius 2 is 2.25 bits per heavy atom. The van der Waals surface area contributed by atoms with Crippen molar-refractivity contribution in [3.05, 3.63) is 0 Å². The highest BCUT2D eigenvalue weighted by molar-refractivity contribution is 8.02. The average molecular weight is 265 g/mol. The van der Waals surface area contributed by atoms with Gasteiger partial charge in [-0.25, -0.2) is 8.42 Å². The minimum atomic E-state index is -2.82. The van der Waals surface area contributed by atoms with Gasteiger partial charge in [0.25, 0.3) is 0 Å². The topological polar surface area (TPSA) is 63.2 Å². The summed E-state index contributed by atoms with van der Waals surface area (Å²) in [6.45, 7) is 2.79. The number of amides is 1. The number of carbonyl (C=O) groups excluding carboxylic acids is 1. The van der Waals surface area contributed by atoms with Crippen molar-refractivity contribution < 1.29 is 13.2 Å². The van der Waals surface area contributed by atoms with Gasteiger partial charge in [-0.1, -0.05) is 13.3 Å². The average Bonchev–Trinajstić information content (AvgIpc) is 2.56. The van der Waals surface area contributed by atoms with E-state index in [1.807, 2.05) is 0 Å². The van der Waals surface area contributed by atoms with Crippen molar-refractivity contribution in [2.75, 3.05) is 23.8 Å². The van der Waals surface area contributed by atoms with Crippen LogP contribution in [-0.2, 0) is 14.6 Å². The molecule has 1 unspecified atom stereocenters. The van der Waals surface area contributed by atoms with Crippen LogP contribution >= 0.6 is 11.8 Å². The summed E-state index contributed by atoms with van der Waals surface area (Å²) in [6.07, 6.45) is 2.75. The zero-order chi connectivity index (χ0) is 12.0. The Morgan fingerprint density at radius 3 is 2.81 bits per heavy atom. The van der Waals surface area contributed by atoms with Crippen molar-refractivity contribution in [3.8, 4) is 0 Å². The second-order valence-electron chi connectivity index (χ2n) is 4.04. The molecular formula is C10H19NO3S2. The van der Waals surface area contributed by atoms with Gasteiger partial charge in [0.15, 0.2) is 9.84 Å². The lowest BCUT2D eigenvalue weighted by Crippen LogP contribution is -2.27.